The lowest BCUT2D eigenvalue weighted by Gasteiger charge is -2.26. The second kappa shape index (κ2) is 7.32. The van der Waals surface area contributed by atoms with Crippen LogP contribution in [-0.2, 0) is 9.53 Å². The van der Waals surface area contributed by atoms with Gasteiger partial charge in [0.25, 0.3) is 0 Å². The van der Waals surface area contributed by atoms with E-state index < -0.39 is 18.7 Å². The van der Waals surface area contributed by atoms with Gasteiger partial charge in [-0.25, -0.2) is 4.39 Å². The highest BCUT2D eigenvalue weighted by Crippen LogP contribution is 2.36. The van der Waals surface area contributed by atoms with Crippen LogP contribution >= 0.6 is 11.8 Å². The average Bonchev–Trinajstić information content (AvgIpc) is 2.43. The minimum absolute atomic E-state index is 0.162. The molecule has 1 N–H and O–H groups in total. The molecule has 1 aromatic rings. The highest BCUT2D eigenvalue weighted by atomic mass is 32.2. The van der Waals surface area contributed by atoms with Gasteiger partial charge in [0.1, 0.15) is 12.4 Å². The van der Waals surface area contributed by atoms with Crippen LogP contribution in [0.1, 0.15) is 24.4 Å². The molecule has 1 unspecified atom stereocenters. The number of amides is 1. The van der Waals surface area contributed by atoms with Gasteiger partial charge in [0.2, 0.25) is 5.91 Å². The number of carbonyl (C=O) groups is 1. The summed E-state index contributed by atoms with van der Waals surface area (Å²) in [6, 6.07) is 4.09. The van der Waals surface area contributed by atoms with Crippen LogP contribution < -0.4 is 5.32 Å². The smallest absolute Gasteiger partial charge is 0.372 e. The zero-order valence-electron chi connectivity index (χ0n) is 11.6. The number of hydrogen-bond acceptors (Lipinski definition) is 3. The number of ether oxygens (including phenoxy) is 1. The van der Waals surface area contributed by atoms with Crippen molar-refractivity contribution < 1.29 is 27.1 Å². The monoisotopic (exact) mass is 337 g/mol. The molecule has 0 aromatic heterocycles. The Morgan fingerprint density at radius 3 is 2.91 bits per heavy atom. The number of rotatable bonds is 5. The van der Waals surface area contributed by atoms with E-state index in [2.05, 4.69) is 10.1 Å². The SMILES string of the molecule is O=C(CCOCC(F)(F)F)NC1CCSc2ccc(F)cc21. The molecular weight excluding hydrogens is 322 g/mol. The van der Waals surface area contributed by atoms with Crippen LogP contribution in [0, 0.1) is 5.82 Å². The maximum Gasteiger partial charge on any atom is 0.411 e. The molecule has 0 bridgehead atoms. The van der Waals surface area contributed by atoms with Crippen LogP contribution in [0.15, 0.2) is 23.1 Å². The Morgan fingerprint density at radius 2 is 2.18 bits per heavy atom. The first-order valence-corrected chi connectivity index (χ1v) is 7.70. The van der Waals surface area contributed by atoms with Crippen molar-refractivity contribution in [2.75, 3.05) is 19.0 Å². The molecule has 1 aliphatic heterocycles. The van der Waals surface area contributed by atoms with Gasteiger partial charge in [-0.05, 0) is 30.2 Å². The van der Waals surface area contributed by atoms with E-state index in [1.54, 1.807) is 17.8 Å². The predicted molar refractivity (Wildman–Crippen MR) is 74.1 cm³/mol. The quantitative estimate of drug-likeness (QED) is 0.661. The van der Waals surface area contributed by atoms with Gasteiger partial charge in [0, 0.05) is 17.1 Å². The Hall–Kier alpha value is -1.28. The fourth-order valence-corrected chi connectivity index (χ4v) is 3.24. The van der Waals surface area contributed by atoms with Gasteiger partial charge >= 0.3 is 6.18 Å². The van der Waals surface area contributed by atoms with Gasteiger partial charge in [-0.3, -0.25) is 4.79 Å². The van der Waals surface area contributed by atoms with Crippen LogP contribution in [-0.4, -0.2) is 31.1 Å². The summed E-state index contributed by atoms with van der Waals surface area (Å²) in [6.07, 6.45) is -3.91. The molecule has 1 atom stereocenters. The molecule has 1 heterocycles. The van der Waals surface area contributed by atoms with Crippen LogP contribution in [0.3, 0.4) is 0 Å². The van der Waals surface area contributed by atoms with Crippen molar-refractivity contribution in [3.8, 4) is 0 Å². The van der Waals surface area contributed by atoms with Crippen molar-refractivity contribution in [1.82, 2.24) is 5.32 Å². The van der Waals surface area contributed by atoms with Gasteiger partial charge in [0.15, 0.2) is 0 Å². The third-order valence-corrected chi connectivity index (χ3v) is 4.21. The lowest BCUT2D eigenvalue weighted by atomic mass is 10.0. The first-order valence-electron chi connectivity index (χ1n) is 6.71. The summed E-state index contributed by atoms with van der Waals surface area (Å²) in [4.78, 5) is 12.7. The van der Waals surface area contributed by atoms with Crippen LogP contribution in [0.2, 0.25) is 0 Å². The molecule has 1 amide bonds. The van der Waals surface area contributed by atoms with Gasteiger partial charge in [-0.1, -0.05) is 0 Å². The van der Waals surface area contributed by atoms with Gasteiger partial charge in [0.05, 0.1) is 12.6 Å². The Kier molecular flexibility index (Phi) is 5.69. The molecule has 0 saturated heterocycles. The fraction of sp³-hybridized carbons (Fsp3) is 0.500. The van der Waals surface area contributed by atoms with E-state index in [1.807, 2.05) is 0 Å². The third-order valence-electron chi connectivity index (χ3n) is 3.09. The molecule has 0 saturated carbocycles. The number of halogens is 4. The van der Waals surface area contributed by atoms with Crippen LogP contribution in [0.5, 0.6) is 0 Å². The van der Waals surface area contributed by atoms with Gasteiger partial charge < -0.3 is 10.1 Å². The van der Waals surface area contributed by atoms with E-state index in [0.717, 1.165) is 10.6 Å². The normalized spacial score (nSPS) is 17.9. The number of hydrogen-bond donors (Lipinski definition) is 1. The lowest BCUT2D eigenvalue weighted by molar-refractivity contribution is -0.174. The highest BCUT2D eigenvalue weighted by molar-refractivity contribution is 7.99. The summed E-state index contributed by atoms with van der Waals surface area (Å²) in [6.45, 7) is -1.67. The zero-order chi connectivity index (χ0) is 16.2. The van der Waals surface area contributed by atoms with E-state index in [-0.39, 0.29) is 24.9 Å². The number of fused-ring (bicyclic) bond motifs is 1. The first kappa shape index (κ1) is 17.1. The second-order valence-electron chi connectivity index (χ2n) is 4.86. The number of carbonyl (C=O) groups excluding carboxylic acids is 1. The Balaban J connectivity index is 1.84. The summed E-state index contributed by atoms with van der Waals surface area (Å²) in [5.41, 5.74) is 0.709. The molecule has 0 spiro atoms. The average molecular weight is 337 g/mol. The van der Waals surface area contributed by atoms with E-state index in [1.165, 1.54) is 12.1 Å². The molecule has 22 heavy (non-hydrogen) atoms. The Bertz CT molecular complexity index is 536. The Morgan fingerprint density at radius 1 is 1.41 bits per heavy atom. The topological polar surface area (TPSA) is 38.3 Å². The molecular formula is C14H15F4NO2S. The minimum atomic E-state index is -4.40. The maximum absolute atomic E-state index is 13.3. The van der Waals surface area contributed by atoms with Crippen molar-refractivity contribution in [3.05, 3.63) is 29.6 Å². The molecule has 2 rings (SSSR count). The molecule has 122 valence electrons. The maximum atomic E-state index is 13.3. The highest BCUT2D eigenvalue weighted by Gasteiger charge is 2.27. The predicted octanol–water partition coefficient (Wildman–Crippen LogP) is 3.45. The molecule has 0 radical (unpaired) electrons. The van der Waals surface area contributed by atoms with Crippen molar-refractivity contribution in [2.24, 2.45) is 0 Å². The Labute approximate surface area is 129 Å². The fourth-order valence-electron chi connectivity index (χ4n) is 2.13. The van der Waals surface area contributed by atoms with Gasteiger partial charge in [-0.15, -0.1) is 11.8 Å². The molecule has 0 aliphatic carbocycles. The molecule has 8 heteroatoms. The van der Waals surface area contributed by atoms with Crippen LogP contribution in [0.25, 0.3) is 0 Å². The van der Waals surface area contributed by atoms with Crippen molar-refractivity contribution in [1.29, 1.82) is 0 Å². The number of thioether (sulfide) groups is 1. The van der Waals surface area contributed by atoms with E-state index in [9.17, 15) is 22.4 Å². The van der Waals surface area contributed by atoms with Gasteiger partial charge in [-0.2, -0.15) is 13.2 Å². The minimum Gasteiger partial charge on any atom is -0.372 e. The summed E-state index contributed by atoms with van der Waals surface area (Å²) in [5, 5.41) is 2.72. The molecule has 1 aliphatic rings. The van der Waals surface area contributed by atoms with Crippen molar-refractivity contribution in [2.45, 2.75) is 30.0 Å². The number of nitrogens with one attached hydrogen (secondary N) is 1. The first-order chi connectivity index (χ1) is 10.3. The van der Waals surface area contributed by atoms with E-state index in [4.69, 9.17) is 0 Å². The summed E-state index contributed by atoms with van der Waals surface area (Å²) in [5.74, 6) is -0.00275. The molecule has 0 fully saturated rings. The van der Waals surface area contributed by atoms with Crippen molar-refractivity contribution >= 4 is 17.7 Å². The standard InChI is InChI=1S/C14H15F4NO2S/c15-9-1-2-12-10(7-9)11(4-6-22-12)19-13(20)3-5-21-8-14(16,17)18/h1-2,7,11H,3-6,8H2,(H,19,20). The second-order valence-corrected chi connectivity index (χ2v) is 5.99. The lowest BCUT2D eigenvalue weighted by Crippen LogP contribution is -2.31. The number of alkyl halides is 3. The van der Waals surface area contributed by atoms with Crippen LogP contribution in [0.4, 0.5) is 17.6 Å². The zero-order valence-corrected chi connectivity index (χ0v) is 12.4. The summed E-state index contributed by atoms with van der Waals surface area (Å²) in [7, 11) is 0. The molecule has 3 nitrogen and oxygen atoms in total. The number of benzene rings is 1. The van der Waals surface area contributed by atoms with E-state index in [0.29, 0.717) is 12.0 Å². The van der Waals surface area contributed by atoms with Crippen molar-refractivity contribution in [3.63, 3.8) is 0 Å². The molecule has 1 aromatic carbocycles. The van der Waals surface area contributed by atoms with E-state index >= 15 is 0 Å². The third kappa shape index (κ3) is 5.17. The summed E-state index contributed by atoms with van der Waals surface area (Å²) < 4.78 is 53.4. The summed E-state index contributed by atoms with van der Waals surface area (Å²) >= 11 is 1.58. The largest absolute Gasteiger partial charge is 0.411 e.